The highest BCUT2D eigenvalue weighted by Gasteiger charge is 2.37. The fraction of sp³-hybridized carbons (Fsp3) is 0. The van der Waals surface area contributed by atoms with Crippen LogP contribution in [0.15, 0.2) is 291 Å². The lowest BCUT2D eigenvalue weighted by atomic mass is 9.82. The zero-order valence-corrected chi connectivity index (χ0v) is 46.9. The van der Waals surface area contributed by atoms with Crippen LogP contribution in [0.4, 0.5) is 0 Å². The van der Waals surface area contributed by atoms with Gasteiger partial charge >= 0.3 is 35.8 Å². The van der Waals surface area contributed by atoms with E-state index in [-0.39, 0.29) is 16.7 Å². The SMILES string of the molecule is O=C(OC(=O)c1cc(-c2ccccc2)c(-c2ccccc2)c(-c2ccccc2)c1C(=O)OC(=O)c1cc(-c2ccccc2)c(-c2ccccc2)c(-c2ccccc2)c1C(=O)O)c1cc(-c2ccccc2)c(-c2ccccc2)c(-c2ccccc2)c1C(=O)O. The molecule has 88 heavy (non-hydrogen) atoms. The maximum atomic E-state index is 16.0. The lowest BCUT2D eigenvalue weighted by Gasteiger charge is -2.23. The van der Waals surface area contributed by atoms with Gasteiger partial charge in [-0.1, -0.05) is 273 Å². The summed E-state index contributed by atoms with van der Waals surface area (Å²) < 4.78 is 12.0. The topological polar surface area (TPSA) is 161 Å². The van der Waals surface area contributed by atoms with Crippen molar-refractivity contribution in [1.29, 1.82) is 0 Å². The van der Waals surface area contributed by atoms with E-state index < -0.39 is 69.2 Å². The van der Waals surface area contributed by atoms with E-state index in [0.29, 0.717) is 83.5 Å². The van der Waals surface area contributed by atoms with Gasteiger partial charge in [-0.2, -0.15) is 0 Å². The van der Waals surface area contributed by atoms with Gasteiger partial charge in [-0.05, 0) is 102 Å². The van der Waals surface area contributed by atoms with Gasteiger partial charge in [0.25, 0.3) is 0 Å². The van der Waals surface area contributed by atoms with Crippen LogP contribution in [0.3, 0.4) is 0 Å². The third kappa shape index (κ3) is 11.1. The normalized spacial score (nSPS) is 10.9. The minimum absolute atomic E-state index is 0.0920. The van der Waals surface area contributed by atoms with Crippen LogP contribution in [-0.4, -0.2) is 46.0 Å². The summed E-state index contributed by atoms with van der Waals surface area (Å²) in [4.78, 5) is 90.6. The van der Waals surface area contributed by atoms with E-state index in [4.69, 9.17) is 9.47 Å². The van der Waals surface area contributed by atoms with Gasteiger partial charge in [-0.25, -0.2) is 28.8 Å². The Hall–Kier alpha value is -12.1. The molecule has 2 N–H and O–H groups in total. The first-order valence-electron chi connectivity index (χ1n) is 28.2. The van der Waals surface area contributed by atoms with Gasteiger partial charge < -0.3 is 19.7 Å². The summed E-state index contributed by atoms with van der Waals surface area (Å²) in [6.45, 7) is 0. The number of carboxylic acids is 2. The van der Waals surface area contributed by atoms with E-state index >= 15 is 19.2 Å². The fourth-order valence-corrected chi connectivity index (χ4v) is 11.5. The predicted octanol–water partition coefficient (Wildman–Crippen LogP) is 18.1. The molecule has 0 aliphatic heterocycles. The maximum absolute atomic E-state index is 16.0. The number of benzene rings is 12. The molecule has 0 aromatic heterocycles. The molecular formula is C78H50O10. The van der Waals surface area contributed by atoms with Gasteiger partial charge in [0.15, 0.2) is 0 Å². The van der Waals surface area contributed by atoms with Crippen molar-refractivity contribution >= 4 is 35.8 Å². The van der Waals surface area contributed by atoms with E-state index in [1.165, 1.54) is 18.2 Å². The Morgan fingerprint density at radius 2 is 0.398 bits per heavy atom. The molecule has 12 aromatic rings. The zero-order valence-electron chi connectivity index (χ0n) is 46.9. The average Bonchev–Trinajstić information content (AvgIpc) is 1.36. The van der Waals surface area contributed by atoms with Gasteiger partial charge in [0, 0.05) is 16.7 Å². The zero-order chi connectivity index (χ0) is 60.7. The van der Waals surface area contributed by atoms with Crippen LogP contribution in [-0.2, 0) is 9.47 Å². The molecule has 0 saturated carbocycles. The van der Waals surface area contributed by atoms with Crippen LogP contribution < -0.4 is 0 Å². The van der Waals surface area contributed by atoms with Crippen LogP contribution in [0.1, 0.15) is 62.1 Å². The highest BCUT2D eigenvalue weighted by Crippen LogP contribution is 2.48. The third-order valence-electron chi connectivity index (χ3n) is 15.3. The minimum Gasteiger partial charge on any atom is -0.478 e. The van der Waals surface area contributed by atoms with Crippen molar-refractivity contribution in [2.45, 2.75) is 0 Å². The monoisotopic (exact) mass is 1150 g/mol. The first kappa shape index (κ1) is 56.3. The van der Waals surface area contributed by atoms with E-state index in [0.717, 1.165) is 0 Å². The van der Waals surface area contributed by atoms with E-state index in [9.17, 15) is 19.8 Å². The Bertz CT molecular complexity index is 4620. The molecule has 0 radical (unpaired) electrons. The molecule has 0 aliphatic carbocycles. The van der Waals surface area contributed by atoms with Crippen molar-refractivity contribution in [2.24, 2.45) is 0 Å². The second-order valence-corrected chi connectivity index (χ2v) is 20.5. The molecule has 0 spiro atoms. The smallest absolute Gasteiger partial charge is 0.347 e. The maximum Gasteiger partial charge on any atom is 0.347 e. The molecule has 12 rings (SSSR count). The van der Waals surface area contributed by atoms with Crippen LogP contribution in [0.25, 0.3) is 100 Å². The van der Waals surface area contributed by atoms with Gasteiger partial charge in [-0.15, -0.1) is 0 Å². The summed E-state index contributed by atoms with van der Waals surface area (Å²) in [6.07, 6.45) is 0. The lowest BCUT2D eigenvalue weighted by molar-refractivity contribution is 0.0355. The molecule has 0 amide bonds. The standard InChI is InChI=1S/C78H50O10/c79-73(80)70-61(46-58(49-28-10-1-11-29-49)64(52-34-16-4-17-35-52)67(70)55-40-22-7-23-41-55)75(83)87-77(85)63-48-60(51-32-14-3-15-33-51)66(54-38-20-6-21-39-54)69(57-44-26-9-27-45-57)72(63)78(86)88-76(84)62-47-59(50-30-12-2-13-31-50)65(53-36-18-5-19-37-53)68(71(62)74(81)82)56-42-24-8-25-43-56/h1-48H,(H,79,80)(H,81,82). The summed E-state index contributed by atoms with van der Waals surface area (Å²) in [5.74, 6) is -8.53. The number of aromatic carboxylic acids is 2. The number of ether oxygens (including phenoxy) is 2. The second kappa shape index (κ2) is 25.0. The number of hydrogen-bond acceptors (Lipinski definition) is 8. The van der Waals surface area contributed by atoms with Crippen molar-refractivity contribution in [3.05, 3.63) is 325 Å². The van der Waals surface area contributed by atoms with E-state index in [2.05, 4.69) is 0 Å². The third-order valence-corrected chi connectivity index (χ3v) is 15.3. The molecule has 0 saturated heterocycles. The Balaban J connectivity index is 1.10. The molecule has 10 nitrogen and oxygen atoms in total. The summed E-state index contributed by atoms with van der Waals surface area (Å²) in [5.41, 5.74) is 5.18. The van der Waals surface area contributed by atoms with Gasteiger partial charge in [0.2, 0.25) is 0 Å². The molecule has 0 aliphatic rings. The Morgan fingerprint density at radius 3 is 0.625 bits per heavy atom. The molecule has 0 atom stereocenters. The van der Waals surface area contributed by atoms with Crippen molar-refractivity contribution in [3.8, 4) is 100 Å². The van der Waals surface area contributed by atoms with Gasteiger partial charge in [-0.3, -0.25) is 0 Å². The number of carbonyl (C=O) groups is 6. The average molecular weight is 1150 g/mol. The first-order valence-corrected chi connectivity index (χ1v) is 28.2. The van der Waals surface area contributed by atoms with Gasteiger partial charge in [0.05, 0.1) is 33.4 Å². The molecule has 0 fully saturated rings. The fourth-order valence-electron chi connectivity index (χ4n) is 11.5. The lowest BCUT2D eigenvalue weighted by Crippen LogP contribution is -2.23. The van der Waals surface area contributed by atoms with Crippen LogP contribution >= 0.6 is 0 Å². The van der Waals surface area contributed by atoms with Crippen LogP contribution in [0, 0.1) is 0 Å². The number of hydrogen-bond donors (Lipinski definition) is 2. The van der Waals surface area contributed by atoms with Crippen molar-refractivity contribution < 1.29 is 48.5 Å². The van der Waals surface area contributed by atoms with Crippen molar-refractivity contribution in [1.82, 2.24) is 0 Å². The van der Waals surface area contributed by atoms with Gasteiger partial charge in [0.1, 0.15) is 0 Å². The highest BCUT2D eigenvalue weighted by atomic mass is 16.6. The molecule has 0 bridgehead atoms. The molecule has 422 valence electrons. The summed E-state index contributed by atoms with van der Waals surface area (Å²) in [5, 5.41) is 22.8. The van der Waals surface area contributed by atoms with Crippen LogP contribution in [0.5, 0.6) is 0 Å². The first-order chi connectivity index (χ1) is 43.0. The van der Waals surface area contributed by atoms with Crippen molar-refractivity contribution in [3.63, 3.8) is 0 Å². The second-order valence-electron chi connectivity index (χ2n) is 20.5. The number of carbonyl (C=O) groups excluding carboxylic acids is 4. The Morgan fingerprint density at radius 1 is 0.216 bits per heavy atom. The summed E-state index contributed by atoms with van der Waals surface area (Å²) in [6, 6.07) is 84.9. The quantitative estimate of drug-likeness (QED) is 0.0747. The predicted molar refractivity (Wildman–Crippen MR) is 342 cm³/mol. The molecule has 0 unspecified atom stereocenters. The van der Waals surface area contributed by atoms with E-state index in [1.807, 2.05) is 158 Å². The van der Waals surface area contributed by atoms with Crippen molar-refractivity contribution in [2.75, 3.05) is 0 Å². The number of carboxylic acid groups (broad SMARTS) is 2. The summed E-state index contributed by atoms with van der Waals surface area (Å²) in [7, 11) is 0. The molecule has 10 heteroatoms. The van der Waals surface area contributed by atoms with E-state index in [1.54, 1.807) is 115 Å². The summed E-state index contributed by atoms with van der Waals surface area (Å²) >= 11 is 0. The number of rotatable bonds is 15. The molecule has 12 aromatic carbocycles. The Labute approximate surface area is 506 Å². The Kier molecular flexibility index (Phi) is 16.0. The highest BCUT2D eigenvalue weighted by molar-refractivity contribution is 6.21. The number of esters is 4. The largest absolute Gasteiger partial charge is 0.478 e. The van der Waals surface area contributed by atoms with Crippen LogP contribution in [0.2, 0.25) is 0 Å². The molecular weight excluding hydrogens is 1100 g/mol. The molecule has 0 heterocycles. The minimum atomic E-state index is -1.50.